The molecule has 2 aliphatic carbocycles. The molecular weight excluding hydrogens is 564 g/mol. The van der Waals surface area contributed by atoms with Crippen LogP contribution >= 0.6 is 0 Å². The van der Waals surface area contributed by atoms with Gasteiger partial charge in [-0.05, 0) is 62.2 Å². The number of nitrogens with zero attached hydrogens (tertiary/aromatic N) is 2. The smallest absolute Gasteiger partial charge is 0.315 e. The first-order valence-electron chi connectivity index (χ1n) is 16.5. The molecule has 2 saturated carbocycles. The third kappa shape index (κ3) is 7.55. The summed E-state index contributed by atoms with van der Waals surface area (Å²) in [5, 5.41) is 8.52. The Morgan fingerprint density at radius 3 is 2.23 bits per heavy atom. The monoisotopic (exact) mass is 618 g/mol. The van der Waals surface area contributed by atoms with E-state index in [9.17, 15) is 24.0 Å². The van der Waals surface area contributed by atoms with E-state index in [2.05, 4.69) is 41.6 Å². The number of carbonyl (C=O) groups is 5. The Kier molecular flexibility index (Phi) is 10.7. The molecule has 2 aliphatic heterocycles. The quantitative estimate of drug-likeness (QED) is 0.228. The standard InChI is InChI=1S/C32H54N6O6/c1-21(2)32(31(5)10-7-11-31)17-24(28(42)35-23(26(40)27(33)41)16-22-8-6-9-22)38(20-32)25(39)18-34-29(43)36-30(3,4)19-37-12-14-44-15-13-37/h21-24H,6-20H2,1-5H3,(H2,33,41)(H,35,42)(H2,34,36,43)/t23?,24-,32+/m0/s1. The summed E-state index contributed by atoms with van der Waals surface area (Å²) < 4.78 is 5.41. The Labute approximate surface area is 261 Å². The maximum Gasteiger partial charge on any atom is 0.315 e. The summed E-state index contributed by atoms with van der Waals surface area (Å²) in [4.78, 5) is 69.0. The van der Waals surface area contributed by atoms with Gasteiger partial charge in [-0.1, -0.05) is 46.5 Å². The zero-order valence-corrected chi connectivity index (χ0v) is 27.3. The van der Waals surface area contributed by atoms with Crippen LogP contribution in [0.15, 0.2) is 0 Å². The molecule has 4 aliphatic rings. The molecule has 0 aromatic heterocycles. The summed E-state index contributed by atoms with van der Waals surface area (Å²) >= 11 is 0. The van der Waals surface area contributed by atoms with Gasteiger partial charge in [0.05, 0.1) is 25.8 Å². The number of hydrogen-bond acceptors (Lipinski definition) is 7. The molecule has 2 heterocycles. The molecule has 12 nitrogen and oxygen atoms in total. The highest BCUT2D eigenvalue weighted by atomic mass is 16.5. The van der Waals surface area contributed by atoms with Crippen LogP contribution in [0.3, 0.4) is 0 Å². The van der Waals surface area contributed by atoms with E-state index in [0.29, 0.717) is 39.1 Å². The third-order valence-electron chi connectivity index (χ3n) is 11.0. The number of nitrogens with one attached hydrogen (secondary N) is 3. The minimum atomic E-state index is -1.07. The summed E-state index contributed by atoms with van der Waals surface area (Å²) in [6.07, 6.45) is 6.91. The molecule has 1 unspecified atom stereocenters. The van der Waals surface area contributed by atoms with Crippen molar-refractivity contribution in [2.24, 2.45) is 28.4 Å². The molecule has 44 heavy (non-hydrogen) atoms. The van der Waals surface area contributed by atoms with Gasteiger partial charge in [0.1, 0.15) is 6.04 Å². The molecule has 0 bridgehead atoms. The number of morpholine rings is 1. The number of urea groups is 1. The van der Waals surface area contributed by atoms with Crippen molar-refractivity contribution in [3.05, 3.63) is 0 Å². The molecule has 0 aromatic carbocycles. The number of rotatable bonds is 13. The van der Waals surface area contributed by atoms with Crippen LogP contribution in [0.4, 0.5) is 4.79 Å². The van der Waals surface area contributed by atoms with Gasteiger partial charge in [-0.3, -0.25) is 24.1 Å². The molecular formula is C32H54N6O6. The number of ether oxygens (including phenoxy) is 1. The van der Waals surface area contributed by atoms with Crippen molar-refractivity contribution in [1.29, 1.82) is 0 Å². The number of hydrogen-bond donors (Lipinski definition) is 4. The van der Waals surface area contributed by atoms with Gasteiger partial charge in [0.2, 0.25) is 17.6 Å². The number of ketones is 1. The molecule has 3 atom stereocenters. The third-order valence-corrected chi connectivity index (χ3v) is 11.0. The highest BCUT2D eigenvalue weighted by Crippen LogP contribution is 2.62. The Balaban J connectivity index is 1.46. The predicted molar refractivity (Wildman–Crippen MR) is 165 cm³/mol. The predicted octanol–water partition coefficient (Wildman–Crippen LogP) is 1.56. The Morgan fingerprint density at radius 2 is 1.70 bits per heavy atom. The van der Waals surface area contributed by atoms with Gasteiger partial charge in [-0.15, -0.1) is 0 Å². The van der Waals surface area contributed by atoms with Gasteiger partial charge >= 0.3 is 6.03 Å². The van der Waals surface area contributed by atoms with Gasteiger partial charge in [0.15, 0.2) is 0 Å². The van der Waals surface area contributed by atoms with E-state index in [1.807, 2.05) is 13.8 Å². The fraction of sp³-hybridized carbons (Fsp3) is 0.844. The van der Waals surface area contributed by atoms with Crippen LogP contribution in [0.2, 0.25) is 0 Å². The van der Waals surface area contributed by atoms with Crippen LogP contribution in [0, 0.1) is 22.7 Å². The topological polar surface area (TPSA) is 163 Å². The van der Waals surface area contributed by atoms with E-state index in [0.717, 1.165) is 51.6 Å². The van der Waals surface area contributed by atoms with E-state index in [1.165, 1.54) is 0 Å². The second-order valence-corrected chi connectivity index (χ2v) is 14.9. The maximum atomic E-state index is 13.9. The number of nitrogens with two attached hydrogens (primary N) is 1. The highest BCUT2D eigenvalue weighted by Gasteiger charge is 2.60. The van der Waals surface area contributed by atoms with Gasteiger partial charge in [0.25, 0.3) is 5.91 Å². The summed E-state index contributed by atoms with van der Waals surface area (Å²) in [7, 11) is 0. The van der Waals surface area contributed by atoms with Crippen molar-refractivity contribution in [3.63, 3.8) is 0 Å². The van der Waals surface area contributed by atoms with E-state index >= 15 is 0 Å². The van der Waals surface area contributed by atoms with Crippen molar-refractivity contribution in [2.45, 2.75) is 104 Å². The van der Waals surface area contributed by atoms with Crippen LogP contribution in [0.5, 0.6) is 0 Å². The van der Waals surface area contributed by atoms with Crippen LogP contribution in [-0.2, 0) is 23.9 Å². The second kappa shape index (κ2) is 13.7. The lowest BCUT2D eigenvalue weighted by molar-refractivity contribution is -0.141. The van der Waals surface area contributed by atoms with Gasteiger partial charge in [-0.2, -0.15) is 0 Å². The molecule has 4 rings (SSSR count). The summed E-state index contributed by atoms with van der Waals surface area (Å²) in [5.41, 5.74) is 4.48. The molecule has 12 heteroatoms. The number of amides is 5. The van der Waals surface area contributed by atoms with Crippen molar-refractivity contribution in [1.82, 2.24) is 25.8 Å². The van der Waals surface area contributed by atoms with Crippen LogP contribution in [-0.4, -0.2) is 103 Å². The number of primary amides is 1. The summed E-state index contributed by atoms with van der Waals surface area (Å²) in [5.74, 6) is -2.23. The number of likely N-dealkylation sites (tertiary alicyclic amines) is 1. The van der Waals surface area contributed by atoms with Crippen LogP contribution in [0.25, 0.3) is 0 Å². The first-order chi connectivity index (χ1) is 20.7. The Hall–Kier alpha value is -2.73. The van der Waals surface area contributed by atoms with E-state index in [1.54, 1.807) is 4.90 Å². The number of carbonyl (C=O) groups excluding carboxylic acids is 5. The van der Waals surface area contributed by atoms with E-state index < -0.39 is 41.3 Å². The molecule has 2 saturated heterocycles. The number of Topliss-reactive ketones (excluding diaryl/α,β-unsaturated/α-hetero) is 1. The lowest BCUT2D eigenvalue weighted by atomic mass is 9.49. The van der Waals surface area contributed by atoms with Crippen molar-refractivity contribution < 1.29 is 28.7 Å². The Morgan fingerprint density at radius 1 is 1.05 bits per heavy atom. The summed E-state index contributed by atoms with van der Waals surface area (Å²) in [6.45, 7) is 14.1. The largest absolute Gasteiger partial charge is 0.379 e. The second-order valence-electron chi connectivity index (χ2n) is 14.9. The van der Waals surface area contributed by atoms with Crippen LogP contribution in [0.1, 0.15) is 86.0 Å². The molecule has 5 amide bonds. The van der Waals surface area contributed by atoms with Crippen molar-refractivity contribution >= 4 is 29.5 Å². The molecule has 0 radical (unpaired) electrons. The average Bonchev–Trinajstić information content (AvgIpc) is 3.34. The minimum Gasteiger partial charge on any atom is -0.379 e. The fourth-order valence-electron chi connectivity index (χ4n) is 7.89. The molecule has 4 fully saturated rings. The van der Waals surface area contributed by atoms with Crippen molar-refractivity contribution in [2.75, 3.05) is 45.9 Å². The SMILES string of the molecule is CC(C)[C@@]1(C2(C)CCC2)C[C@@H](C(=O)NC(CC2CCC2)C(=O)C(N)=O)N(C(=O)CNC(=O)NC(C)(C)CN2CCOCC2)C1. The zero-order valence-electron chi connectivity index (χ0n) is 27.3. The molecule has 0 aromatic rings. The highest BCUT2D eigenvalue weighted by molar-refractivity contribution is 6.37. The first-order valence-corrected chi connectivity index (χ1v) is 16.5. The maximum absolute atomic E-state index is 13.9. The van der Waals surface area contributed by atoms with E-state index in [-0.39, 0.29) is 35.1 Å². The van der Waals surface area contributed by atoms with Crippen LogP contribution < -0.4 is 21.7 Å². The lowest BCUT2D eigenvalue weighted by Gasteiger charge is -2.55. The molecule has 248 valence electrons. The summed E-state index contributed by atoms with van der Waals surface area (Å²) in [6, 6.07) is -2.28. The minimum absolute atomic E-state index is 0.0303. The molecule has 5 N–H and O–H groups in total. The van der Waals surface area contributed by atoms with Crippen molar-refractivity contribution in [3.8, 4) is 0 Å². The normalized spacial score (nSPS) is 26.3. The van der Waals surface area contributed by atoms with Gasteiger partial charge < -0.3 is 31.3 Å². The lowest BCUT2D eigenvalue weighted by Crippen LogP contribution is -2.57. The van der Waals surface area contributed by atoms with E-state index in [4.69, 9.17) is 10.5 Å². The average molecular weight is 619 g/mol. The zero-order chi connectivity index (χ0) is 32.3. The van der Waals surface area contributed by atoms with Gasteiger partial charge in [0, 0.05) is 31.7 Å². The first kappa shape index (κ1) is 34.1. The Bertz CT molecular complexity index is 1100. The van der Waals surface area contributed by atoms with Gasteiger partial charge in [-0.25, -0.2) is 4.79 Å². The fourth-order valence-corrected chi connectivity index (χ4v) is 7.89. The molecule has 0 spiro atoms.